The van der Waals surface area contributed by atoms with Crippen molar-refractivity contribution in [2.45, 2.75) is 13.8 Å². The average molecular weight is 361 g/mol. The van der Waals surface area contributed by atoms with E-state index in [9.17, 15) is 4.79 Å². The van der Waals surface area contributed by atoms with Crippen LogP contribution in [0.5, 0.6) is 0 Å². The lowest BCUT2D eigenvalue weighted by molar-refractivity contribution is 0.316. The second-order valence-electron chi connectivity index (χ2n) is 5.74. The molecule has 1 N–H and O–H groups in total. The van der Waals surface area contributed by atoms with Crippen molar-refractivity contribution in [3.8, 4) is 0 Å². The highest BCUT2D eigenvalue weighted by Gasteiger charge is 2.07. The van der Waals surface area contributed by atoms with Crippen molar-refractivity contribution >= 4 is 48.8 Å². The minimum absolute atomic E-state index is 0.0518. The molecule has 126 valence electrons. The van der Waals surface area contributed by atoms with Gasteiger partial charge in [0.2, 0.25) is 0 Å². The number of likely N-dealkylation sites (N-methyl/N-ethyl adjacent to an activating group) is 1. The van der Waals surface area contributed by atoms with Crippen LogP contribution in [-0.4, -0.2) is 31.1 Å². The van der Waals surface area contributed by atoms with Crippen LogP contribution < -0.4 is 10.7 Å². The molecule has 0 saturated heterocycles. The third-order valence-corrected chi connectivity index (χ3v) is 5.65. The second kappa shape index (κ2) is 7.51. The number of anilines is 1. The summed E-state index contributed by atoms with van der Waals surface area (Å²) in [6.07, 6.45) is 0. The molecule has 0 aliphatic heterocycles. The molecule has 0 unspecified atom stereocenters. The quantitative estimate of drug-likeness (QED) is 0.639. The third kappa shape index (κ3) is 3.56. The van der Waals surface area contributed by atoms with Crippen molar-refractivity contribution in [1.29, 1.82) is 0 Å². The highest BCUT2D eigenvalue weighted by molar-refractivity contribution is 7.24. The van der Waals surface area contributed by atoms with Crippen molar-refractivity contribution in [1.82, 2.24) is 4.90 Å². The Labute approximate surface area is 150 Å². The van der Waals surface area contributed by atoms with Crippen molar-refractivity contribution in [3.05, 3.63) is 51.6 Å². The average Bonchev–Trinajstić information content (AvgIpc) is 2.59. The van der Waals surface area contributed by atoms with Crippen molar-refractivity contribution in [3.63, 3.8) is 0 Å². The van der Waals surface area contributed by atoms with Crippen LogP contribution in [0.15, 0.2) is 41.2 Å². The third-order valence-electron chi connectivity index (χ3n) is 4.28. The van der Waals surface area contributed by atoms with Crippen LogP contribution in [0, 0.1) is 0 Å². The molecule has 0 radical (unpaired) electrons. The van der Waals surface area contributed by atoms with Crippen LogP contribution in [-0.2, 0) is 0 Å². The lowest BCUT2D eigenvalue weighted by Gasteiger charge is -2.18. The Balaban J connectivity index is 1.89. The zero-order valence-electron chi connectivity index (χ0n) is 13.9. The molecular weight excluding hydrogens is 340 g/mol. The van der Waals surface area contributed by atoms with Gasteiger partial charge in [-0.15, -0.1) is 11.3 Å². The second-order valence-corrected chi connectivity index (χ2v) is 7.26. The molecule has 3 rings (SSSR count). The van der Waals surface area contributed by atoms with E-state index < -0.39 is 0 Å². The number of hydrogen-bond acceptors (Lipinski definition) is 4. The predicted molar refractivity (Wildman–Crippen MR) is 107 cm³/mol. The monoisotopic (exact) mass is 360 g/mol. The number of rotatable bonds is 6. The van der Waals surface area contributed by atoms with Gasteiger partial charge in [-0.25, -0.2) is 0 Å². The highest BCUT2D eigenvalue weighted by Crippen LogP contribution is 2.28. The molecular formula is C19H21ClN2OS. The van der Waals surface area contributed by atoms with Crippen molar-refractivity contribution < 1.29 is 0 Å². The molecule has 0 fully saturated rings. The van der Waals surface area contributed by atoms with E-state index in [0.717, 1.165) is 46.7 Å². The maximum atomic E-state index is 12.7. The molecule has 0 amide bonds. The Morgan fingerprint density at radius 2 is 1.83 bits per heavy atom. The summed E-state index contributed by atoms with van der Waals surface area (Å²) in [5.74, 6) is 0. The molecule has 0 aliphatic carbocycles. The molecule has 3 nitrogen and oxygen atoms in total. The normalized spacial score (nSPS) is 11.5. The van der Waals surface area contributed by atoms with E-state index in [0.29, 0.717) is 10.4 Å². The largest absolute Gasteiger partial charge is 0.384 e. The predicted octanol–water partition coefficient (Wildman–Crippen LogP) is 4.82. The van der Waals surface area contributed by atoms with Gasteiger partial charge in [-0.05, 0) is 49.5 Å². The zero-order chi connectivity index (χ0) is 17.1. The van der Waals surface area contributed by atoms with Crippen LogP contribution in [0.3, 0.4) is 0 Å². The Morgan fingerprint density at radius 1 is 1.04 bits per heavy atom. The zero-order valence-corrected chi connectivity index (χ0v) is 15.5. The first-order valence-electron chi connectivity index (χ1n) is 8.24. The van der Waals surface area contributed by atoms with Gasteiger partial charge in [0.1, 0.15) is 0 Å². The van der Waals surface area contributed by atoms with E-state index >= 15 is 0 Å². The highest BCUT2D eigenvalue weighted by atomic mass is 35.5. The summed E-state index contributed by atoms with van der Waals surface area (Å²) in [5, 5.41) is 5.50. The summed E-state index contributed by atoms with van der Waals surface area (Å²) in [4.78, 5) is 15.0. The van der Waals surface area contributed by atoms with Crippen LogP contribution in [0.2, 0.25) is 5.02 Å². The van der Waals surface area contributed by atoms with E-state index in [2.05, 4.69) is 30.1 Å². The van der Waals surface area contributed by atoms with E-state index in [-0.39, 0.29) is 5.43 Å². The summed E-state index contributed by atoms with van der Waals surface area (Å²) in [6, 6.07) is 11.5. The molecule has 0 saturated carbocycles. The molecule has 0 aliphatic rings. The van der Waals surface area contributed by atoms with E-state index in [4.69, 9.17) is 11.6 Å². The fourth-order valence-corrected chi connectivity index (χ4v) is 4.10. The van der Waals surface area contributed by atoms with Crippen LogP contribution in [0.25, 0.3) is 20.2 Å². The van der Waals surface area contributed by atoms with Gasteiger partial charge < -0.3 is 10.2 Å². The minimum Gasteiger partial charge on any atom is -0.384 e. The van der Waals surface area contributed by atoms with Crippen LogP contribution in [0.4, 0.5) is 5.69 Å². The molecule has 2 aromatic carbocycles. The first-order chi connectivity index (χ1) is 11.6. The van der Waals surface area contributed by atoms with Gasteiger partial charge in [-0.2, -0.15) is 0 Å². The maximum absolute atomic E-state index is 12.7. The number of halogens is 1. The smallest absolute Gasteiger partial charge is 0.195 e. The van der Waals surface area contributed by atoms with Gasteiger partial charge >= 0.3 is 0 Å². The number of hydrogen-bond donors (Lipinski definition) is 1. The van der Waals surface area contributed by atoms with Gasteiger partial charge in [-0.1, -0.05) is 25.4 Å². The molecule has 0 spiro atoms. The van der Waals surface area contributed by atoms with Gasteiger partial charge in [0.25, 0.3) is 0 Å². The van der Waals surface area contributed by atoms with Gasteiger partial charge in [0, 0.05) is 44.0 Å². The molecule has 1 aromatic heterocycles. The standard InChI is InChI=1S/C19H21ClN2OS/c1-3-22(4-2)10-9-21-14-6-7-15-18(12-14)24-17-8-5-13(20)11-16(17)19(15)23/h5-8,11-12,21H,3-4,9-10H2,1-2H3. The number of benzene rings is 2. The molecule has 0 atom stereocenters. The fraction of sp³-hybridized carbons (Fsp3) is 0.316. The summed E-state index contributed by atoms with van der Waals surface area (Å²) >= 11 is 7.65. The Hall–Kier alpha value is -1.62. The van der Waals surface area contributed by atoms with Crippen LogP contribution >= 0.6 is 22.9 Å². The van der Waals surface area contributed by atoms with Gasteiger partial charge in [0.15, 0.2) is 5.43 Å². The first-order valence-corrected chi connectivity index (χ1v) is 9.44. The molecule has 0 bridgehead atoms. The lowest BCUT2D eigenvalue weighted by Crippen LogP contribution is -2.28. The molecule has 24 heavy (non-hydrogen) atoms. The maximum Gasteiger partial charge on any atom is 0.195 e. The van der Waals surface area contributed by atoms with E-state index in [1.54, 1.807) is 17.4 Å². The lowest BCUT2D eigenvalue weighted by atomic mass is 10.1. The Kier molecular flexibility index (Phi) is 5.39. The van der Waals surface area contributed by atoms with Gasteiger partial charge in [-0.3, -0.25) is 4.79 Å². The van der Waals surface area contributed by atoms with E-state index in [1.807, 2.05) is 24.3 Å². The minimum atomic E-state index is 0.0518. The summed E-state index contributed by atoms with van der Waals surface area (Å²) < 4.78 is 1.97. The number of fused-ring (bicyclic) bond motifs is 2. The summed E-state index contributed by atoms with van der Waals surface area (Å²) in [5.41, 5.74) is 1.11. The fourth-order valence-electron chi connectivity index (χ4n) is 2.83. The Morgan fingerprint density at radius 3 is 2.58 bits per heavy atom. The molecule has 1 heterocycles. The topological polar surface area (TPSA) is 32.3 Å². The molecule has 5 heteroatoms. The SMILES string of the molecule is CCN(CC)CCNc1ccc2c(=O)c3cc(Cl)ccc3sc2c1. The molecule has 3 aromatic rings. The summed E-state index contributed by atoms with van der Waals surface area (Å²) in [7, 11) is 0. The van der Waals surface area contributed by atoms with E-state index in [1.165, 1.54) is 0 Å². The first kappa shape index (κ1) is 17.2. The summed E-state index contributed by atoms with van der Waals surface area (Å²) in [6.45, 7) is 8.38. The van der Waals surface area contributed by atoms with Crippen molar-refractivity contribution in [2.75, 3.05) is 31.5 Å². The van der Waals surface area contributed by atoms with Crippen molar-refractivity contribution in [2.24, 2.45) is 0 Å². The Bertz CT molecular complexity index is 918. The van der Waals surface area contributed by atoms with Crippen LogP contribution in [0.1, 0.15) is 13.8 Å². The van der Waals surface area contributed by atoms with Gasteiger partial charge in [0.05, 0.1) is 0 Å². The number of nitrogens with one attached hydrogen (secondary N) is 1. The number of nitrogens with zero attached hydrogens (tertiary/aromatic N) is 1.